The minimum absolute atomic E-state index is 0.103. The van der Waals surface area contributed by atoms with E-state index in [2.05, 4.69) is 0 Å². The molecule has 1 unspecified atom stereocenters. The molecule has 1 aliphatic carbocycles. The minimum Gasteiger partial charge on any atom is -0.492 e. The van der Waals surface area contributed by atoms with Gasteiger partial charge in [0, 0.05) is 25.1 Å². The summed E-state index contributed by atoms with van der Waals surface area (Å²) in [6.07, 6.45) is 1.99. The first-order valence-electron chi connectivity index (χ1n) is 12.0. The predicted molar refractivity (Wildman–Crippen MR) is 131 cm³/mol. The van der Waals surface area contributed by atoms with Gasteiger partial charge in [0.1, 0.15) is 18.1 Å². The molecule has 0 bridgehead atoms. The number of carboxylic acids is 1. The predicted octanol–water partition coefficient (Wildman–Crippen LogP) is 4.62. The zero-order chi connectivity index (χ0) is 26.1. The molecule has 1 atom stereocenters. The third-order valence-corrected chi connectivity index (χ3v) is 6.16. The van der Waals surface area contributed by atoms with Crippen LogP contribution >= 0.6 is 0 Å². The molecule has 2 aromatic carbocycles. The van der Waals surface area contributed by atoms with E-state index in [1.54, 1.807) is 55.1 Å². The SMILES string of the molecule is CCOC(Cc1ccc(OCCN(CC2CCC2)C(=O)Oc2ccc(C)c([N+](=O)[O-])c2)cc1)C(=O)O. The fourth-order valence-corrected chi connectivity index (χ4v) is 3.89. The lowest BCUT2D eigenvalue weighted by atomic mass is 9.85. The lowest BCUT2D eigenvalue weighted by molar-refractivity contribution is -0.385. The van der Waals surface area contributed by atoms with E-state index in [4.69, 9.17) is 14.2 Å². The van der Waals surface area contributed by atoms with E-state index >= 15 is 0 Å². The molecule has 0 aromatic heterocycles. The van der Waals surface area contributed by atoms with Gasteiger partial charge in [0.15, 0.2) is 6.10 Å². The molecular formula is C26H32N2O8. The number of nitro groups is 1. The van der Waals surface area contributed by atoms with Crippen LogP contribution in [0.2, 0.25) is 0 Å². The molecule has 3 rings (SSSR count). The second-order valence-corrected chi connectivity index (χ2v) is 8.80. The van der Waals surface area contributed by atoms with Gasteiger partial charge in [-0.25, -0.2) is 9.59 Å². The normalized spacial score (nSPS) is 13.9. The zero-order valence-electron chi connectivity index (χ0n) is 20.6. The van der Waals surface area contributed by atoms with Crippen LogP contribution in [0, 0.1) is 23.0 Å². The van der Waals surface area contributed by atoms with Crippen LogP contribution in [0.25, 0.3) is 0 Å². The van der Waals surface area contributed by atoms with Gasteiger partial charge in [-0.3, -0.25) is 10.1 Å². The third kappa shape index (κ3) is 7.67. The van der Waals surface area contributed by atoms with Gasteiger partial charge in [0.05, 0.1) is 17.5 Å². The highest BCUT2D eigenvalue weighted by atomic mass is 16.6. The number of carbonyl (C=O) groups is 2. The van der Waals surface area contributed by atoms with Crippen LogP contribution in [0.3, 0.4) is 0 Å². The van der Waals surface area contributed by atoms with E-state index in [-0.39, 0.29) is 31.0 Å². The number of aliphatic carboxylic acids is 1. The fourth-order valence-electron chi connectivity index (χ4n) is 3.89. The highest BCUT2D eigenvalue weighted by Crippen LogP contribution is 2.28. The van der Waals surface area contributed by atoms with Gasteiger partial charge in [0.25, 0.3) is 5.69 Å². The minimum atomic E-state index is -1.00. The number of nitro benzene ring substituents is 1. The van der Waals surface area contributed by atoms with Crippen LogP contribution < -0.4 is 9.47 Å². The Morgan fingerprint density at radius 3 is 2.44 bits per heavy atom. The second kappa shape index (κ2) is 12.9. The van der Waals surface area contributed by atoms with Crippen molar-refractivity contribution in [3.8, 4) is 11.5 Å². The van der Waals surface area contributed by atoms with E-state index in [0.717, 1.165) is 24.8 Å². The van der Waals surface area contributed by atoms with E-state index in [9.17, 15) is 24.8 Å². The average Bonchev–Trinajstić information content (AvgIpc) is 2.81. The monoisotopic (exact) mass is 500 g/mol. The summed E-state index contributed by atoms with van der Waals surface area (Å²) in [5.74, 6) is 0.111. The number of ether oxygens (including phenoxy) is 3. The van der Waals surface area contributed by atoms with E-state index in [1.807, 2.05) is 0 Å². The Hall–Kier alpha value is -3.66. The summed E-state index contributed by atoms with van der Waals surface area (Å²) < 4.78 is 16.5. The number of hydrogen-bond donors (Lipinski definition) is 1. The molecule has 10 nitrogen and oxygen atoms in total. The molecule has 2 aromatic rings. The van der Waals surface area contributed by atoms with Crippen molar-refractivity contribution >= 4 is 17.7 Å². The maximum Gasteiger partial charge on any atom is 0.415 e. The molecule has 1 amide bonds. The molecule has 1 aliphatic rings. The van der Waals surface area contributed by atoms with Crippen molar-refractivity contribution in [3.05, 3.63) is 63.7 Å². The van der Waals surface area contributed by atoms with Gasteiger partial charge in [0.2, 0.25) is 0 Å². The number of nitrogens with zero attached hydrogens (tertiary/aromatic N) is 2. The molecular weight excluding hydrogens is 468 g/mol. The van der Waals surface area contributed by atoms with Crippen molar-refractivity contribution in [2.75, 3.05) is 26.3 Å². The van der Waals surface area contributed by atoms with Gasteiger partial charge in [-0.05, 0) is 62.4 Å². The number of aryl methyl sites for hydroxylation is 1. The van der Waals surface area contributed by atoms with Crippen LogP contribution in [-0.4, -0.2) is 59.4 Å². The van der Waals surface area contributed by atoms with E-state index < -0.39 is 23.1 Å². The maximum absolute atomic E-state index is 12.9. The lowest BCUT2D eigenvalue weighted by Crippen LogP contribution is -2.41. The van der Waals surface area contributed by atoms with Crippen LogP contribution in [0.15, 0.2) is 42.5 Å². The number of amides is 1. The summed E-state index contributed by atoms with van der Waals surface area (Å²) in [5, 5.41) is 20.4. The molecule has 0 heterocycles. The summed E-state index contributed by atoms with van der Waals surface area (Å²) in [5.41, 5.74) is 1.20. The van der Waals surface area contributed by atoms with Crippen molar-refractivity contribution in [2.45, 2.75) is 45.6 Å². The van der Waals surface area contributed by atoms with Crippen LogP contribution in [-0.2, 0) is 16.0 Å². The Bertz CT molecular complexity index is 1050. The molecule has 36 heavy (non-hydrogen) atoms. The zero-order valence-corrected chi connectivity index (χ0v) is 20.6. The summed E-state index contributed by atoms with van der Waals surface area (Å²) in [4.78, 5) is 36.4. The highest BCUT2D eigenvalue weighted by molar-refractivity contribution is 5.72. The number of rotatable bonds is 13. The second-order valence-electron chi connectivity index (χ2n) is 8.80. The number of hydrogen-bond acceptors (Lipinski definition) is 7. The molecule has 1 fully saturated rings. The Balaban J connectivity index is 1.57. The summed E-state index contributed by atoms with van der Waals surface area (Å²) in [6.45, 7) is 4.74. The van der Waals surface area contributed by atoms with Crippen molar-refractivity contribution in [2.24, 2.45) is 5.92 Å². The third-order valence-electron chi connectivity index (χ3n) is 6.16. The largest absolute Gasteiger partial charge is 0.492 e. The first-order valence-corrected chi connectivity index (χ1v) is 12.0. The summed E-state index contributed by atoms with van der Waals surface area (Å²) >= 11 is 0. The number of benzene rings is 2. The molecule has 0 spiro atoms. The molecule has 10 heteroatoms. The van der Waals surface area contributed by atoms with Crippen LogP contribution in [0.5, 0.6) is 11.5 Å². The Labute approximate surface area is 209 Å². The van der Waals surface area contributed by atoms with Gasteiger partial charge >= 0.3 is 12.1 Å². The van der Waals surface area contributed by atoms with Crippen molar-refractivity contribution < 1.29 is 33.8 Å². The van der Waals surface area contributed by atoms with E-state index in [0.29, 0.717) is 30.4 Å². The van der Waals surface area contributed by atoms with Crippen molar-refractivity contribution in [1.82, 2.24) is 4.90 Å². The fraction of sp³-hybridized carbons (Fsp3) is 0.462. The first kappa shape index (κ1) is 26.9. The lowest BCUT2D eigenvalue weighted by Gasteiger charge is -2.31. The van der Waals surface area contributed by atoms with Crippen LogP contribution in [0.4, 0.5) is 10.5 Å². The number of carboxylic acid groups (broad SMARTS) is 1. The molecule has 1 saturated carbocycles. The van der Waals surface area contributed by atoms with E-state index in [1.165, 1.54) is 6.07 Å². The van der Waals surface area contributed by atoms with Crippen molar-refractivity contribution in [1.29, 1.82) is 0 Å². The highest BCUT2D eigenvalue weighted by Gasteiger charge is 2.25. The average molecular weight is 501 g/mol. The van der Waals surface area contributed by atoms with Gasteiger partial charge in [-0.1, -0.05) is 18.6 Å². The molecule has 0 saturated heterocycles. The smallest absolute Gasteiger partial charge is 0.415 e. The quantitative estimate of drug-likeness (QED) is 0.312. The summed E-state index contributed by atoms with van der Waals surface area (Å²) in [7, 11) is 0. The van der Waals surface area contributed by atoms with Gasteiger partial charge in [-0.15, -0.1) is 0 Å². The summed E-state index contributed by atoms with van der Waals surface area (Å²) in [6, 6.07) is 11.4. The number of carbonyl (C=O) groups excluding carboxylic acids is 1. The molecule has 0 aliphatic heterocycles. The van der Waals surface area contributed by atoms with Gasteiger partial charge < -0.3 is 24.2 Å². The Kier molecular flexibility index (Phi) is 9.63. The topological polar surface area (TPSA) is 128 Å². The Morgan fingerprint density at radius 1 is 1.17 bits per heavy atom. The van der Waals surface area contributed by atoms with Crippen molar-refractivity contribution in [3.63, 3.8) is 0 Å². The Morgan fingerprint density at radius 2 is 1.86 bits per heavy atom. The maximum atomic E-state index is 12.9. The molecule has 194 valence electrons. The molecule has 0 radical (unpaired) electrons. The van der Waals surface area contributed by atoms with Crippen LogP contribution in [0.1, 0.15) is 37.3 Å². The molecule has 1 N–H and O–H groups in total. The standard InChI is InChI=1S/C26H32N2O8/c1-3-34-24(25(29)30)15-19-8-11-21(12-9-19)35-14-13-27(17-20-5-4-6-20)26(31)36-22-10-7-18(2)23(16-22)28(32)33/h7-12,16,20,24H,3-6,13-15,17H2,1-2H3,(H,29,30). The first-order chi connectivity index (χ1) is 17.3. The van der Waals surface area contributed by atoms with Gasteiger partial charge in [-0.2, -0.15) is 0 Å².